The number of carbonyl (C=O) groups excluding carboxylic acids is 1. The van der Waals surface area contributed by atoms with E-state index in [1.807, 2.05) is 47.4 Å². The molecule has 0 aliphatic carbocycles. The minimum Gasteiger partial charge on any atom is -0.338 e. The van der Waals surface area contributed by atoms with Crippen LogP contribution in [0.15, 0.2) is 77.7 Å². The van der Waals surface area contributed by atoms with Gasteiger partial charge in [-0.15, -0.1) is 0 Å². The van der Waals surface area contributed by atoms with E-state index in [0.29, 0.717) is 24.6 Å². The second kappa shape index (κ2) is 8.26. The van der Waals surface area contributed by atoms with Gasteiger partial charge in [0.2, 0.25) is 0 Å². The van der Waals surface area contributed by atoms with Crippen LogP contribution in [0, 0.1) is 5.92 Å². The molecule has 1 fully saturated rings. The number of hydrogen-bond acceptors (Lipinski definition) is 2. The molecular weight excluding hydrogens is 348 g/mol. The lowest BCUT2D eigenvalue weighted by atomic mass is 9.89. The first-order valence-corrected chi connectivity index (χ1v) is 9.82. The molecule has 28 heavy (non-hydrogen) atoms. The fraction of sp³-hybridized carbons (Fsp3) is 0.250. The van der Waals surface area contributed by atoms with E-state index in [4.69, 9.17) is 0 Å². The maximum Gasteiger partial charge on any atom is 0.261 e. The lowest BCUT2D eigenvalue weighted by Gasteiger charge is -2.32. The molecule has 1 aromatic heterocycles. The Morgan fingerprint density at radius 2 is 1.57 bits per heavy atom. The highest BCUT2D eigenvalue weighted by atomic mass is 16.2. The summed E-state index contributed by atoms with van der Waals surface area (Å²) < 4.78 is 0. The van der Waals surface area contributed by atoms with Gasteiger partial charge in [-0.25, -0.2) is 0 Å². The summed E-state index contributed by atoms with van der Waals surface area (Å²) in [6.45, 7) is 1.39. The Morgan fingerprint density at radius 1 is 0.929 bits per heavy atom. The lowest BCUT2D eigenvalue weighted by Crippen LogP contribution is -2.41. The smallest absolute Gasteiger partial charge is 0.261 e. The third-order valence-electron chi connectivity index (χ3n) is 5.53. The van der Waals surface area contributed by atoms with Crippen molar-refractivity contribution in [1.29, 1.82) is 0 Å². The van der Waals surface area contributed by atoms with Crippen molar-refractivity contribution >= 4 is 5.91 Å². The van der Waals surface area contributed by atoms with Gasteiger partial charge in [0, 0.05) is 24.8 Å². The van der Waals surface area contributed by atoms with Crippen LogP contribution in [0.25, 0.3) is 11.1 Å². The van der Waals surface area contributed by atoms with Crippen LogP contribution in [-0.2, 0) is 6.42 Å². The Labute approximate surface area is 164 Å². The van der Waals surface area contributed by atoms with Crippen LogP contribution >= 0.6 is 0 Å². The summed E-state index contributed by atoms with van der Waals surface area (Å²) in [6, 6.07) is 21.9. The second-order valence-corrected chi connectivity index (χ2v) is 7.39. The second-order valence-electron chi connectivity index (χ2n) is 7.39. The standard InChI is InChI=1S/C24H24N2O2/c27-23-22(21(11-14-25-23)20-9-5-2-6-10-20)24(28)26-15-12-19(13-16-26)17-18-7-3-1-4-8-18/h1-11,14,19H,12-13,15-17H2,(H,25,27). The molecule has 0 saturated carbocycles. The Kier molecular flexibility index (Phi) is 5.38. The molecule has 142 valence electrons. The third-order valence-corrected chi connectivity index (χ3v) is 5.53. The molecular formula is C24H24N2O2. The molecule has 1 aliphatic heterocycles. The number of pyridine rings is 1. The lowest BCUT2D eigenvalue weighted by molar-refractivity contribution is 0.0689. The molecule has 4 nitrogen and oxygen atoms in total. The fourth-order valence-electron chi connectivity index (χ4n) is 3.99. The Hall–Kier alpha value is -3.14. The first-order valence-electron chi connectivity index (χ1n) is 9.82. The maximum absolute atomic E-state index is 13.2. The highest BCUT2D eigenvalue weighted by Crippen LogP contribution is 2.25. The van der Waals surface area contributed by atoms with E-state index in [1.54, 1.807) is 6.20 Å². The highest BCUT2D eigenvalue weighted by molar-refractivity contribution is 6.00. The normalized spacial score (nSPS) is 14.8. The van der Waals surface area contributed by atoms with Gasteiger partial charge in [0.05, 0.1) is 0 Å². The molecule has 0 unspecified atom stereocenters. The Balaban J connectivity index is 1.50. The first-order chi connectivity index (χ1) is 13.7. The molecule has 1 amide bonds. The highest BCUT2D eigenvalue weighted by Gasteiger charge is 2.27. The van der Waals surface area contributed by atoms with E-state index in [0.717, 1.165) is 24.8 Å². The zero-order chi connectivity index (χ0) is 19.3. The summed E-state index contributed by atoms with van der Waals surface area (Å²) >= 11 is 0. The van der Waals surface area contributed by atoms with Crippen molar-refractivity contribution in [3.63, 3.8) is 0 Å². The molecule has 2 heterocycles. The molecule has 0 radical (unpaired) electrons. The number of hydrogen-bond donors (Lipinski definition) is 1. The maximum atomic E-state index is 13.2. The van der Waals surface area contributed by atoms with Gasteiger partial charge < -0.3 is 9.88 Å². The molecule has 4 heteroatoms. The number of rotatable bonds is 4. The molecule has 0 spiro atoms. The number of carbonyl (C=O) groups is 1. The summed E-state index contributed by atoms with van der Waals surface area (Å²) in [5, 5.41) is 0. The number of piperidine rings is 1. The van der Waals surface area contributed by atoms with E-state index in [9.17, 15) is 9.59 Å². The van der Waals surface area contributed by atoms with Gasteiger partial charge in [0.15, 0.2) is 0 Å². The van der Waals surface area contributed by atoms with Crippen LogP contribution in [-0.4, -0.2) is 28.9 Å². The van der Waals surface area contributed by atoms with Gasteiger partial charge in [-0.2, -0.15) is 0 Å². The van der Waals surface area contributed by atoms with Gasteiger partial charge in [-0.05, 0) is 42.4 Å². The number of aromatic nitrogens is 1. The van der Waals surface area contributed by atoms with E-state index in [1.165, 1.54) is 5.56 Å². The quantitative estimate of drug-likeness (QED) is 0.748. The summed E-state index contributed by atoms with van der Waals surface area (Å²) in [5.74, 6) is 0.410. The molecule has 0 bridgehead atoms. The number of nitrogens with one attached hydrogen (secondary N) is 1. The number of H-pyrrole nitrogens is 1. The third kappa shape index (κ3) is 3.91. The van der Waals surface area contributed by atoms with E-state index in [-0.39, 0.29) is 17.0 Å². The van der Waals surface area contributed by atoms with Crippen molar-refractivity contribution < 1.29 is 4.79 Å². The molecule has 2 aromatic carbocycles. The largest absolute Gasteiger partial charge is 0.338 e. The summed E-state index contributed by atoms with van der Waals surface area (Å²) in [7, 11) is 0. The molecule has 4 rings (SSSR count). The topological polar surface area (TPSA) is 53.2 Å². The van der Waals surface area contributed by atoms with Crippen molar-refractivity contribution in [3.05, 3.63) is 94.4 Å². The number of aromatic amines is 1. The van der Waals surface area contributed by atoms with Crippen molar-refractivity contribution in [2.75, 3.05) is 13.1 Å². The predicted octanol–water partition coefficient (Wildman–Crippen LogP) is 4.14. The van der Waals surface area contributed by atoms with Gasteiger partial charge in [-0.1, -0.05) is 60.7 Å². The molecule has 1 aliphatic rings. The summed E-state index contributed by atoms with van der Waals surface area (Å²) in [5.41, 5.74) is 2.85. The molecule has 3 aromatic rings. The van der Waals surface area contributed by atoms with Crippen LogP contribution < -0.4 is 5.56 Å². The minimum absolute atomic E-state index is 0.168. The van der Waals surface area contributed by atoms with E-state index >= 15 is 0 Å². The minimum atomic E-state index is -0.322. The first kappa shape index (κ1) is 18.2. The monoisotopic (exact) mass is 372 g/mol. The van der Waals surface area contributed by atoms with Crippen LogP contribution in [0.3, 0.4) is 0 Å². The molecule has 0 atom stereocenters. The number of nitrogens with zero attached hydrogens (tertiary/aromatic N) is 1. The number of amides is 1. The zero-order valence-electron chi connectivity index (χ0n) is 15.8. The average Bonchev–Trinajstić information content (AvgIpc) is 2.75. The summed E-state index contributed by atoms with van der Waals surface area (Å²) in [4.78, 5) is 30.2. The molecule has 1 saturated heterocycles. The molecule has 1 N–H and O–H groups in total. The predicted molar refractivity (Wildman–Crippen MR) is 111 cm³/mol. The Bertz CT molecular complexity index is 988. The fourth-order valence-corrected chi connectivity index (χ4v) is 3.99. The van der Waals surface area contributed by atoms with Gasteiger partial charge in [-0.3, -0.25) is 9.59 Å². The van der Waals surface area contributed by atoms with Crippen molar-refractivity contribution in [3.8, 4) is 11.1 Å². The van der Waals surface area contributed by atoms with Crippen LogP contribution in [0.2, 0.25) is 0 Å². The van der Waals surface area contributed by atoms with Gasteiger partial charge in [0.1, 0.15) is 5.56 Å². The van der Waals surface area contributed by atoms with Crippen molar-refractivity contribution in [1.82, 2.24) is 9.88 Å². The van der Waals surface area contributed by atoms with E-state index in [2.05, 4.69) is 29.2 Å². The zero-order valence-corrected chi connectivity index (χ0v) is 15.8. The summed E-state index contributed by atoms with van der Waals surface area (Å²) in [6.07, 6.45) is 4.58. The van der Waals surface area contributed by atoms with E-state index < -0.39 is 0 Å². The van der Waals surface area contributed by atoms with Gasteiger partial charge in [0.25, 0.3) is 11.5 Å². The van der Waals surface area contributed by atoms with Crippen molar-refractivity contribution in [2.45, 2.75) is 19.3 Å². The number of benzene rings is 2. The average molecular weight is 372 g/mol. The van der Waals surface area contributed by atoms with Crippen LogP contribution in [0.1, 0.15) is 28.8 Å². The Morgan fingerprint density at radius 3 is 2.25 bits per heavy atom. The van der Waals surface area contributed by atoms with Gasteiger partial charge >= 0.3 is 0 Å². The number of likely N-dealkylation sites (tertiary alicyclic amines) is 1. The SMILES string of the molecule is O=C(c1c(-c2ccccc2)cc[nH]c1=O)N1CCC(Cc2ccccc2)CC1. The van der Waals surface area contributed by atoms with Crippen LogP contribution in [0.4, 0.5) is 0 Å². The van der Waals surface area contributed by atoms with Crippen molar-refractivity contribution in [2.24, 2.45) is 5.92 Å². The van der Waals surface area contributed by atoms with Crippen LogP contribution in [0.5, 0.6) is 0 Å².